The van der Waals surface area contributed by atoms with E-state index in [0.717, 1.165) is 44.6 Å². The molecule has 0 aliphatic carbocycles. The van der Waals surface area contributed by atoms with Crippen molar-refractivity contribution in [2.45, 2.75) is 166 Å². The second-order valence-corrected chi connectivity index (χ2v) is 18.9. The van der Waals surface area contributed by atoms with Crippen molar-refractivity contribution >= 4 is 66.1 Å². The van der Waals surface area contributed by atoms with Crippen molar-refractivity contribution in [3.63, 3.8) is 0 Å². The van der Waals surface area contributed by atoms with Crippen LogP contribution in [0.4, 0.5) is 0 Å². The summed E-state index contributed by atoms with van der Waals surface area (Å²) in [6.07, 6.45) is 18.7. The predicted octanol–water partition coefficient (Wildman–Crippen LogP) is 17.5. The van der Waals surface area contributed by atoms with Gasteiger partial charge >= 0.3 is 0 Å². The van der Waals surface area contributed by atoms with E-state index in [0.29, 0.717) is 0 Å². The largest absolute Gasteiger partial charge is 0.350 e. The lowest BCUT2D eigenvalue weighted by molar-refractivity contribution is 0.794. The van der Waals surface area contributed by atoms with Gasteiger partial charge < -0.3 is 18.3 Å². The quantitative estimate of drug-likeness (QED) is 0.145. The lowest BCUT2D eigenvalue weighted by atomic mass is 10.1. The molecule has 0 aliphatic heterocycles. The molecule has 0 amide bonds. The van der Waals surface area contributed by atoms with Crippen LogP contribution in [-0.2, 0) is 42.3 Å². The first-order valence-electron chi connectivity index (χ1n) is 30.0. The molecule has 0 N–H and O–H groups in total. The zero-order valence-corrected chi connectivity index (χ0v) is 57.4. The van der Waals surface area contributed by atoms with Crippen LogP contribution in [0.5, 0.6) is 0 Å². The number of pyridine rings is 4. The van der Waals surface area contributed by atoms with Gasteiger partial charge in [-0.2, -0.15) is 10.2 Å². The summed E-state index contributed by atoms with van der Waals surface area (Å²) < 4.78 is 12.0. The van der Waals surface area contributed by atoms with Crippen molar-refractivity contribution in [2.75, 3.05) is 0 Å². The number of hydrogen-bond donors (Lipinski definition) is 0. The fourth-order valence-corrected chi connectivity index (χ4v) is 8.89. The molecule has 84 heavy (non-hydrogen) atoms. The third-order valence-electron chi connectivity index (χ3n) is 14.0. The molecule has 456 valence electrons. The van der Waals surface area contributed by atoms with Crippen molar-refractivity contribution in [2.24, 2.45) is 42.3 Å². The van der Waals surface area contributed by atoms with E-state index in [1.54, 1.807) is 12.5 Å². The highest BCUT2D eigenvalue weighted by Crippen LogP contribution is 2.23. The number of nitrogens with zero attached hydrogens (tertiary/aromatic N) is 15. The normalized spacial score (nSPS) is 9.79. The Kier molecular flexibility index (Phi) is 32.1. The van der Waals surface area contributed by atoms with Crippen LogP contribution in [0, 0.1) is 83.1 Å². The summed E-state index contributed by atoms with van der Waals surface area (Å²) in [5, 5.41) is 10.8. The fraction of sp³-hybridized carbons (Fsp3) is 0.435. The average molecular weight is 1140 g/mol. The molecule has 0 atom stereocenters. The standard InChI is InChI=1S/3C10H12N2.3C9H11N3.6C2H6/c1-7-8(2)11-6-9-4-5-12(3)10(7)9;1-7-4-5-9-10(8(7)2)12(3)6-11-9;1-7-4-5-9-6-11-12(3)10(9)8(7)2;1-6-7(2)10-4-8-9(6)12(3)5-11-8;1-6-4-10-9-8(7(6)2)12(3)5-11-9;1-6-4-10-8-5-11-12(3)9(8)7(6)2;6*1-2/h3*4-6H,1-3H3;3*4-5H,1-3H3;6*1-2H3. The summed E-state index contributed by atoms with van der Waals surface area (Å²) in [5.41, 5.74) is 26.0. The Labute approximate surface area is 504 Å². The molecule has 0 fully saturated rings. The van der Waals surface area contributed by atoms with Crippen molar-refractivity contribution in [1.82, 2.24) is 72.7 Å². The molecule has 15 nitrogen and oxygen atoms in total. The number of rotatable bonds is 0. The minimum absolute atomic E-state index is 0.834. The first-order valence-corrected chi connectivity index (χ1v) is 30.0. The van der Waals surface area contributed by atoms with Gasteiger partial charge in [0.2, 0.25) is 0 Å². The lowest BCUT2D eigenvalue weighted by Crippen LogP contribution is -1.93. The van der Waals surface area contributed by atoms with Gasteiger partial charge in [-0.15, -0.1) is 0 Å². The van der Waals surface area contributed by atoms with Gasteiger partial charge in [0, 0.05) is 89.2 Å². The molecule has 10 heterocycles. The second-order valence-electron chi connectivity index (χ2n) is 18.9. The predicted molar refractivity (Wildman–Crippen MR) is 363 cm³/mol. The summed E-state index contributed by atoms with van der Waals surface area (Å²) in [6, 6.07) is 10.5. The summed E-state index contributed by atoms with van der Waals surface area (Å²) in [6.45, 7) is 49.1. The van der Waals surface area contributed by atoms with E-state index >= 15 is 0 Å². The maximum absolute atomic E-state index is 4.31. The van der Waals surface area contributed by atoms with Crippen LogP contribution in [0.15, 0.2) is 92.7 Å². The minimum atomic E-state index is 0.834. The first kappa shape index (κ1) is 73.9. The van der Waals surface area contributed by atoms with Crippen LogP contribution in [0.3, 0.4) is 0 Å². The van der Waals surface area contributed by atoms with Crippen LogP contribution in [-0.4, -0.2) is 72.7 Å². The van der Waals surface area contributed by atoms with Crippen molar-refractivity contribution in [1.29, 1.82) is 0 Å². The molecular formula is C69H105N15. The van der Waals surface area contributed by atoms with Gasteiger partial charge in [-0.3, -0.25) is 24.3 Å². The van der Waals surface area contributed by atoms with Crippen LogP contribution in [0.1, 0.15) is 150 Å². The number of benzene rings is 2. The van der Waals surface area contributed by atoms with Crippen LogP contribution in [0.25, 0.3) is 66.1 Å². The summed E-state index contributed by atoms with van der Waals surface area (Å²) in [7, 11) is 12.0. The smallest absolute Gasteiger partial charge is 0.177 e. The van der Waals surface area contributed by atoms with Crippen molar-refractivity contribution in [3.8, 4) is 0 Å². The molecule has 0 saturated carbocycles. The zero-order chi connectivity index (χ0) is 64.3. The Morgan fingerprint density at radius 2 is 0.679 bits per heavy atom. The number of imidazole rings is 3. The van der Waals surface area contributed by atoms with Gasteiger partial charge in [-0.25, -0.2) is 19.9 Å². The molecule has 0 radical (unpaired) electrons. The van der Waals surface area contributed by atoms with E-state index in [-0.39, 0.29) is 0 Å². The van der Waals surface area contributed by atoms with Gasteiger partial charge in [0.1, 0.15) is 11.0 Å². The molecule has 15 heteroatoms. The number of fused-ring (bicyclic) bond motifs is 6. The Morgan fingerprint density at radius 3 is 1.26 bits per heavy atom. The van der Waals surface area contributed by atoms with Crippen LogP contribution in [0.2, 0.25) is 0 Å². The van der Waals surface area contributed by atoms with Crippen molar-refractivity contribution < 1.29 is 0 Å². The minimum Gasteiger partial charge on any atom is -0.350 e. The third kappa shape index (κ3) is 18.0. The summed E-state index contributed by atoms with van der Waals surface area (Å²) >= 11 is 0. The van der Waals surface area contributed by atoms with E-state index in [1.807, 2.05) is 194 Å². The number of aromatic nitrogens is 15. The van der Waals surface area contributed by atoms with E-state index in [9.17, 15) is 0 Å². The van der Waals surface area contributed by atoms with Crippen LogP contribution >= 0.6 is 0 Å². The third-order valence-corrected chi connectivity index (χ3v) is 14.0. The zero-order valence-electron chi connectivity index (χ0n) is 57.4. The molecule has 10 aromatic heterocycles. The lowest BCUT2D eigenvalue weighted by Gasteiger charge is -2.02. The van der Waals surface area contributed by atoms with Gasteiger partial charge in [0.05, 0.1) is 76.2 Å². The maximum atomic E-state index is 4.31. The SMILES string of the molecule is CC.CC.CC.CC.CC.CC.Cc1ccc2cnn(C)c2c1C.Cc1ccc2ncn(C)c2c1C.Cc1cnc2cnn(C)c2c1C.Cc1cnc2ncn(C)c2c1C.Cc1ncc2ccn(C)c2c1C.Cc1ncc2ncn(C)c2c1C. The van der Waals surface area contributed by atoms with Gasteiger partial charge in [0.15, 0.2) is 5.65 Å². The molecule has 0 spiro atoms. The molecule has 12 rings (SSSR count). The van der Waals surface area contributed by atoms with Crippen LogP contribution < -0.4 is 0 Å². The van der Waals surface area contributed by atoms with E-state index in [2.05, 4.69) is 167 Å². The molecule has 2 aromatic carbocycles. The fourth-order valence-electron chi connectivity index (χ4n) is 8.89. The summed E-state index contributed by atoms with van der Waals surface area (Å²) in [5.74, 6) is 0. The highest BCUT2D eigenvalue weighted by Gasteiger charge is 2.09. The van der Waals surface area contributed by atoms with Gasteiger partial charge in [-0.1, -0.05) is 101 Å². The summed E-state index contributed by atoms with van der Waals surface area (Å²) in [4.78, 5) is 29.7. The number of hydrogen-bond acceptors (Lipinski definition) is 9. The highest BCUT2D eigenvalue weighted by atomic mass is 15.3. The molecule has 0 saturated heterocycles. The Hall–Kier alpha value is -8.07. The maximum Gasteiger partial charge on any atom is 0.177 e. The monoisotopic (exact) mass is 1140 g/mol. The average Bonchev–Trinajstić information content (AvgIpc) is 4.52. The van der Waals surface area contributed by atoms with Gasteiger partial charge in [0.25, 0.3) is 0 Å². The molecule has 12 aromatic rings. The van der Waals surface area contributed by atoms with E-state index in [1.165, 1.54) is 88.5 Å². The van der Waals surface area contributed by atoms with E-state index in [4.69, 9.17) is 0 Å². The number of aryl methyl sites for hydroxylation is 18. The molecule has 0 bridgehead atoms. The molecule has 0 aliphatic rings. The molecule has 0 unspecified atom stereocenters. The molecular weight excluding hydrogens is 1040 g/mol. The Bertz CT molecular complexity index is 3220. The topological polar surface area (TPSA) is 146 Å². The van der Waals surface area contributed by atoms with Crippen molar-refractivity contribution in [3.05, 3.63) is 160 Å². The Morgan fingerprint density at radius 1 is 0.274 bits per heavy atom. The first-order chi connectivity index (χ1) is 40.2. The van der Waals surface area contributed by atoms with Gasteiger partial charge in [-0.05, 0) is 151 Å². The second kappa shape index (κ2) is 36.5. The highest BCUT2D eigenvalue weighted by molar-refractivity contribution is 5.84. The Balaban J connectivity index is 0.000000486. The van der Waals surface area contributed by atoms with E-state index < -0.39 is 0 Å².